The van der Waals surface area contributed by atoms with Crippen LogP contribution in [0.3, 0.4) is 0 Å². The lowest BCUT2D eigenvalue weighted by Crippen LogP contribution is -2.09. The van der Waals surface area contributed by atoms with Crippen molar-refractivity contribution < 1.29 is 4.39 Å². The maximum atomic E-state index is 13.0. The summed E-state index contributed by atoms with van der Waals surface area (Å²) in [6.07, 6.45) is 2.70. The highest BCUT2D eigenvalue weighted by Crippen LogP contribution is 2.16. The highest BCUT2D eigenvalue weighted by Gasteiger charge is 2.03. The van der Waals surface area contributed by atoms with Gasteiger partial charge >= 0.3 is 0 Å². The Labute approximate surface area is 122 Å². The molecule has 4 nitrogen and oxygen atoms in total. The maximum Gasteiger partial charge on any atom is 0.191 e. The molecule has 0 saturated carbocycles. The molecule has 0 bridgehead atoms. The van der Waals surface area contributed by atoms with Crippen LogP contribution in [0, 0.1) is 12.7 Å². The minimum absolute atomic E-state index is 0.201. The molecule has 0 saturated heterocycles. The van der Waals surface area contributed by atoms with Crippen molar-refractivity contribution in [3.8, 4) is 0 Å². The third kappa shape index (κ3) is 3.84. The summed E-state index contributed by atoms with van der Waals surface area (Å²) in [4.78, 5) is 8.41. The number of nitrogen functional groups attached to an aromatic ring is 1. The van der Waals surface area contributed by atoms with Crippen molar-refractivity contribution in [3.63, 3.8) is 0 Å². The lowest BCUT2D eigenvalue weighted by molar-refractivity contribution is 0.625. The van der Waals surface area contributed by atoms with Crippen LogP contribution in [0.25, 0.3) is 0 Å². The van der Waals surface area contributed by atoms with Gasteiger partial charge in [0.25, 0.3) is 0 Å². The second-order valence-electron chi connectivity index (χ2n) is 4.41. The molecule has 6 heteroatoms. The van der Waals surface area contributed by atoms with E-state index in [4.69, 9.17) is 5.73 Å². The second-order valence-corrected chi connectivity index (χ2v) is 5.19. The SMILES string of the molecule is CSc1nc(N)cc(NCCc2ccc(F)cc2C)n1. The van der Waals surface area contributed by atoms with Crippen LogP contribution in [-0.2, 0) is 6.42 Å². The average Bonchev–Trinajstić information content (AvgIpc) is 2.40. The second kappa shape index (κ2) is 6.56. The Morgan fingerprint density at radius 3 is 2.80 bits per heavy atom. The monoisotopic (exact) mass is 292 g/mol. The number of anilines is 2. The van der Waals surface area contributed by atoms with Crippen molar-refractivity contribution in [3.05, 3.63) is 41.2 Å². The molecule has 0 amide bonds. The van der Waals surface area contributed by atoms with Crippen LogP contribution in [0.1, 0.15) is 11.1 Å². The van der Waals surface area contributed by atoms with E-state index in [0.29, 0.717) is 23.3 Å². The van der Waals surface area contributed by atoms with Crippen LogP contribution < -0.4 is 11.1 Å². The zero-order chi connectivity index (χ0) is 14.5. The van der Waals surface area contributed by atoms with Crippen LogP contribution in [0.15, 0.2) is 29.4 Å². The minimum Gasteiger partial charge on any atom is -0.383 e. The third-order valence-corrected chi connectivity index (χ3v) is 3.46. The number of hydrogen-bond acceptors (Lipinski definition) is 5. The molecule has 0 atom stereocenters. The summed E-state index contributed by atoms with van der Waals surface area (Å²) in [6.45, 7) is 2.61. The van der Waals surface area contributed by atoms with E-state index in [9.17, 15) is 4.39 Å². The van der Waals surface area contributed by atoms with Gasteiger partial charge in [-0.15, -0.1) is 0 Å². The molecule has 0 aliphatic heterocycles. The van der Waals surface area contributed by atoms with Crippen LogP contribution in [0.5, 0.6) is 0 Å². The lowest BCUT2D eigenvalue weighted by Gasteiger charge is -2.09. The molecule has 1 aromatic heterocycles. The van der Waals surface area contributed by atoms with E-state index >= 15 is 0 Å². The summed E-state index contributed by atoms with van der Waals surface area (Å²) < 4.78 is 13.0. The molecule has 0 fully saturated rings. The first kappa shape index (κ1) is 14.6. The largest absolute Gasteiger partial charge is 0.383 e. The van der Waals surface area contributed by atoms with E-state index in [2.05, 4.69) is 15.3 Å². The Morgan fingerprint density at radius 2 is 2.10 bits per heavy atom. The Hall–Kier alpha value is -1.82. The Morgan fingerprint density at radius 1 is 1.30 bits per heavy atom. The fourth-order valence-corrected chi connectivity index (χ4v) is 2.28. The molecule has 0 spiro atoms. The van der Waals surface area contributed by atoms with Gasteiger partial charge in [0.2, 0.25) is 0 Å². The minimum atomic E-state index is -0.201. The van der Waals surface area contributed by atoms with E-state index < -0.39 is 0 Å². The van der Waals surface area contributed by atoms with E-state index in [1.165, 1.54) is 17.8 Å². The molecule has 1 aromatic carbocycles. The van der Waals surface area contributed by atoms with Crippen molar-refractivity contribution in [1.29, 1.82) is 0 Å². The van der Waals surface area contributed by atoms with E-state index in [1.54, 1.807) is 12.1 Å². The third-order valence-electron chi connectivity index (χ3n) is 2.91. The van der Waals surface area contributed by atoms with Crippen LogP contribution in [0.2, 0.25) is 0 Å². The molecule has 3 N–H and O–H groups in total. The summed E-state index contributed by atoms with van der Waals surface area (Å²) in [6, 6.07) is 6.55. The number of hydrogen-bond donors (Lipinski definition) is 2. The van der Waals surface area contributed by atoms with E-state index in [-0.39, 0.29) is 5.82 Å². The number of thioether (sulfide) groups is 1. The number of nitrogens with two attached hydrogens (primary N) is 1. The molecule has 2 rings (SSSR count). The normalized spacial score (nSPS) is 10.6. The lowest BCUT2D eigenvalue weighted by atomic mass is 10.1. The van der Waals surface area contributed by atoms with Gasteiger partial charge in [-0.05, 0) is 42.9 Å². The van der Waals surface area contributed by atoms with Gasteiger partial charge in [-0.1, -0.05) is 17.8 Å². The molecule has 106 valence electrons. The Kier molecular flexibility index (Phi) is 4.79. The van der Waals surface area contributed by atoms with Gasteiger partial charge in [0.05, 0.1) is 0 Å². The first-order valence-electron chi connectivity index (χ1n) is 6.26. The number of halogens is 1. The fourth-order valence-electron chi connectivity index (χ4n) is 1.89. The highest BCUT2D eigenvalue weighted by molar-refractivity contribution is 7.98. The van der Waals surface area contributed by atoms with Crippen LogP contribution in [-0.4, -0.2) is 22.8 Å². The topological polar surface area (TPSA) is 63.8 Å². The van der Waals surface area contributed by atoms with E-state index in [0.717, 1.165) is 17.5 Å². The zero-order valence-electron chi connectivity index (χ0n) is 11.5. The van der Waals surface area contributed by atoms with Gasteiger partial charge in [0.15, 0.2) is 5.16 Å². The van der Waals surface area contributed by atoms with E-state index in [1.807, 2.05) is 19.2 Å². The summed E-state index contributed by atoms with van der Waals surface area (Å²) in [7, 11) is 0. The number of benzene rings is 1. The van der Waals surface area contributed by atoms with Gasteiger partial charge in [0, 0.05) is 12.6 Å². The highest BCUT2D eigenvalue weighted by atomic mass is 32.2. The van der Waals surface area contributed by atoms with Crippen LogP contribution >= 0.6 is 11.8 Å². The summed E-state index contributed by atoms with van der Waals surface area (Å²) in [5, 5.41) is 3.86. The molecule has 2 aromatic rings. The number of rotatable bonds is 5. The molecular weight excluding hydrogens is 275 g/mol. The molecule has 1 heterocycles. The number of aryl methyl sites for hydroxylation is 1. The van der Waals surface area contributed by atoms with Crippen LogP contribution in [0.4, 0.5) is 16.0 Å². The van der Waals surface area contributed by atoms with Gasteiger partial charge in [0.1, 0.15) is 17.5 Å². The quantitative estimate of drug-likeness (QED) is 0.655. The smallest absolute Gasteiger partial charge is 0.191 e. The van der Waals surface area contributed by atoms with Crippen molar-refractivity contribution in [2.24, 2.45) is 0 Å². The van der Waals surface area contributed by atoms with Gasteiger partial charge < -0.3 is 11.1 Å². The van der Waals surface area contributed by atoms with Crippen molar-refractivity contribution in [2.45, 2.75) is 18.5 Å². The summed E-state index contributed by atoms with van der Waals surface area (Å²) in [5.74, 6) is 0.957. The van der Waals surface area contributed by atoms with Gasteiger partial charge in [-0.25, -0.2) is 14.4 Å². The van der Waals surface area contributed by atoms with Crippen molar-refractivity contribution in [2.75, 3.05) is 23.9 Å². The van der Waals surface area contributed by atoms with Gasteiger partial charge in [-0.3, -0.25) is 0 Å². The fraction of sp³-hybridized carbons (Fsp3) is 0.286. The number of aromatic nitrogens is 2. The standard InChI is InChI=1S/C14H17FN4S/c1-9-7-11(15)4-3-10(9)5-6-17-13-8-12(16)18-14(19-13)20-2/h3-4,7-8H,5-6H2,1-2H3,(H3,16,17,18,19). The predicted octanol–water partition coefficient (Wildman–Crippen LogP) is 2.88. The molecular formula is C14H17FN4S. The first-order chi connectivity index (χ1) is 9.58. The number of nitrogens with zero attached hydrogens (tertiary/aromatic N) is 2. The van der Waals surface area contributed by atoms with Crippen molar-refractivity contribution >= 4 is 23.4 Å². The molecule has 0 aliphatic carbocycles. The Bertz CT molecular complexity index is 604. The van der Waals surface area contributed by atoms with Crippen molar-refractivity contribution in [1.82, 2.24) is 9.97 Å². The maximum absolute atomic E-state index is 13.0. The zero-order valence-corrected chi connectivity index (χ0v) is 12.3. The Balaban J connectivity index is 1.97. The number of nitrogens with one attached hydrogen (secondary N) is 1. The summed E-state index contributed by atoms with van der Waals surface area (Å²) >= 11 is 1.45. The molecule has 0 radical (unpaired) electrons. The molecule has 0 aliphatic rings. The summed E-state index contributed by atoms with van der Waals surface area (Å²) in [5.41, 5.74) is 7.79. The molecule has 0 unspecified atom stereocenters. The van der Waals surface area contributed by atoms with Gasteiger partial charge in [-0.2, -0.15) is 0 Å². The molecule has 20 heavy (non-hydrogen) atoms. The predicted molar refractivity (Wildman–Crippen MR) is 81.6 cm³/mol. The first-order valence-corrected chi connectivity index (χ1v) is 7.48. The average molecular weight is 292 g/mol.